The topological polar surface area (TPSA) is 12.0 Å². The minimum Gasteiger partial charge on any atom is -0.310 e. The Morgan fingerprint density at radius 1 is 0.789 bits per heavy atom. The van der Waals surface area contributed by atoms with Gasteiger partial charge in [-0.1, -0.05) is 38.5 Å². The van der Waals surface area contributed by atoms with Crippen LogP contribution in [0.3, 0.4) is 0 Å². The van der Waals surface area contributed by atoms with E-state index in [2.05, 4.69) is 23.3 Å². The van der Waals surface area contributed by atoms with Crippen molar-refractivity contribution in [2.24, 2.45) is 11.8 Å². The highest BCUT2D eigenvalue weighted by molar-refractivity contribution is 7.99. The smallest absolute Gasteiger partial charge is 0.0198 e. The molecule has 0 radical (unpaired) electrons. The van der Waals surface area contributed by atoms with Crippen LogP contribution in [0.2, 0.25) is 0 Å². The number of hydrogen-bond acceptors (Lipinski definition) is 2. The first kappa shape index (κ1) is 14.3. The molecule has 3 rings (SSSR count). The van der Waals surface area contributed by atoms with Crippen molar-refractivity contribution in [3.8, 4) is 0 Å². The first-order valence-corrected chi connectivity index (χ1v) is 9.94. The van der Waals surface area contributed by atoms with Gasteiger partial charge in [-0.05, 0) is 50.2 Å². The first-order valence-electron chi connectivity index (χ1n) is 8.65. The van der Waals surface area contributed by atoms with Gasteiger partial charge in [0.25, 0.3) is 0 Å². The SMILES string of the molecule is CSC1CCCCC1NC1CCC2CCCCC2C1. The molecule has 1 nitrogen and oxygen atoms in total. The van der Waals surface area contributed by atoms with E-state index in [1.807, 2.05) is 0 Å². The van der Waals surface area contributed by atoms with E-state index in [9.17, 15) is 0 Å². The van der Waals surface area contributed by atoms with Crippen LogP contribution in [-0.4, -0.2) is 23.6 Å². The highest BCUT2D eigenvalue weighted by Gasteiger charge is 2.34. The summed E-state index contributed by atoms with van der Waals surface area (Å²) >= 11 is 2.10. The fraction of sp³-hybridized carbons (Fsp3) is 1.00. The molecule has 3 saturated carbocycles. The minimum absolute atomic E-state index is 0.814. The first-order chi connectivity index (χ1) is 9.36. The van der Waals surface area contributed by atoms with Gasteiger partial charge in [0.2, 0.25) is 0 Å². The van der Waals surface area contributed by atoms with Gasteiger partial charge >= 0.3 is 0 Å². The number of fused-ring (bicyclic) bond motifs is 1. The van der Waals surface area contributed by atoms with Crippen molar-refractivity contribution in [3.05, 3.63) is 0 Å². The van der Waals surface area contributed by atoms with Crippen molar-refractivity contribution in [1.29, 1.82) is 0 Å². The van der Waals surface area contributed by atoms with Crippen molar-refractivity contribution in [2.75, 3.05) is 6.26 Å². The van der Waals surface area contributed by atoms with Gasteiger partial charge in [-0.25, -0.2) is 0 Å². The lowest BCUT2D eigenvalue weighted by Gasteiger charge is -2.42. The van der Waals surface area contributed by atoms with Crippen LogP contribution >= 0.6 is 11.8 Å². The summed E-state index contributed by atoms with van der Waals surface area (Å²) in [6, 6.07) is 1.66. The predicted molar refractivity (Wildman–Crippen MR) is 85.8 cm³/mol. The van der Waals surface area contributed by atoms with Gasteiger partial charge in [0.15, 0.2) is 0 Å². The van der Waals surface area contributed by atoms with Gasteiger partial charge in [-0.15, -0.1) is 0 Å². The fourth-order valence-corrected chi connectivity index (χ4v) is 5.84. The van der Waals surface area contributed by atoms with E-state index in [1.165, 1.54) is 70.6 Å². The van der Waals surface area contributed by atoms with Crippen LogP contribution in [0.4, 0.5) is 0 Å². The Hall–Kier alpha value is 0.310. The van der Waals surface area contributed by atoms with E-state index in [0.717, 1.165) is 29.2 Å². The Morgan fingerprint density at radius 3 is 2.37 bits per heavy atom. The van der Waals surface area contributed by atoms with E-state index < -0.39 is 0 Å². The molecule has 5 atom stereocenters. The molecule has 0 aromatic rings. The summed E-state index contributed by atoms with van der Waals surface area (Å²) in [5.74, 6) is 2.16. The molecule has 1 N–H and O–H groups in total. The summed E-state index contributed by atoms with van der Waals surface area (Å²) < 4.78 is 0. The second kappa shape index (κ2) is 6.85. The Morgan fingerprint density at radius 2 is 1.53 bits per heavy atom. The molecule has 0 bridgehead atoms. The summed E-state index contributed by atoms with van der Waals surface area (Å²) in [6.07, 6.45) is 18.6. The summed E-state index contributed by atoms with van der Waals surface area (Å²) in [4.78, 5) is 0. The highest BCUT2D eigenvalue weighted by Crippen LogP contribution is 2.41. The molecule has 0 aromatic heterocycles. The van der Waals surface area contributed by atoms with Crippen molar-refractivity contribution >= 4 is 11.8 Å². The quantitative estimate of drug-likeness (QED) is 0.811. The van der Waals surface area contributed by atoms with Crippen LogP contribution in [0.5, 0.6) is 0 Å². The van der Waals surface area contributed by atoms with Crippen LogP contribution in [0.15, 0.2) is 0 Å². The molecule has 3 fully saturated rings. The van der Waals surface area contributed by atoms with Crippen LogP contribution in [0.1, 0.15) is 70.6 Å². The number of nitrogens with one attached hydrogen (secondary N) is 1. The maximum Gasteiger partial charge on any atom is 0.0198 e. The zero-order valence-electron chi connectivity index (χ0n) is 12.6. The molecule has 19 heavy (non-hydrogen) atoms. The molecule has 2 heteroatoms. The molecule has 0 spiro atoms. The van der Waals surface area contributed by atoms with Crippen molar-refractivity contribution in [1.82, 2.24) is 5.32 Å². The van der Waals surface area contributed by atoms with Gasteiger partial charge in [0.1, 0.15) is 0 Å². The lowest BCUT2D eigenvalue weighted by molar-refractivity contribution is 0.135. The third kappa shape index (κ3) is 3.50. The molecule has 5 unspecified atom stereocenters. The summed E-state index contributed by atoms with van der Waals surface area (Å²) in [7, 11) is 0. The zero-order valence-corrected chi connectivity index (χ0v) is 13.4. The van der Waals surface area contributed by atoms with Crippen LogP contribution in [0.25, 0.3) is 0 Å². The maximum atomic E-state index is 4.07. The molecule has 0 aromatic carbocycles. The third-order valence-electron chi connectivity index (χ3n) is 5.99. The van der Waals surface area contributed by atoms with Crippen LogP contribution in [-0.2, 0) is 0 Å². The molecule has 0 amide bonds. The summed E-state index contributed by atoms with van der Waals surface area (Å²) in [5.41, 5.74) is 0. The second-order valence-corrected chi connectivity index (χ2v) is 8.22. The molecular formula is C17H31NS. The van der Waals surface area contributed by atoms with Gasteiger partial charge in [0, 0.05) is 17.3 Å². The number of thioether (sulfide) groups is 1. The molecule has 3 aliphatic carbocycles. The molecule has 0 heterocycles. The Labute approximate surface area is 123 Å². The number of hydrogen-bond donors (Lipinski definition) is 1. The minimum atomic E-state index is 0.814. The number of rotatable bonds is 3. The summed E-state index contributed by atoms with van der Waals surface area (Å²) in [5, 5.41) is 4.96. The molecule has 0 aliphatic heterocycles. The van der Waals surface area contributed by atoms with Crippen LogP contribution in [0, 0.1) is 11.8 Å². The van der Waals surface area contributed by atoms with E-state index in [-0.39, 0.29) is 0 Å². The van der Waals surface area contributed by atoms with Crippen molar-refractivity contribution in [3.63, 3.8) is 0 Å². The van der Waals surface area contributed by atoms with Gasteiger partial charge in [-0.2, -0.15) is 11.8 Å². The lowest BCUT2D eigenvalue weighted by atomic mass is 9.69. The predicted octanol–water partition coefficient (Wildman–Crippen LogP) is 4.61. The Balaban J connectivity index is 1.52. The van der Waals surface area contributed by atoms with E-state index >= 15 is 0 Å². The van der Waals surface area contributed by atoms with E-state index in [0.29, 0.717) is 0 Å². The zero-order chi connectivity index (χ0) is 13.1. The molecule has 3 aliphatic rings. The van der Waals surface area contributed by atoms with Crippen molar-refractivity contribution in [2.45, 2.75) is 88.0 Å². The van der Waals surface area contributed by atoms with Gasteiger partial charge in [0.05, 0.1) is 0 Å². The highest BCUT2D eigenvalue weighted by atomic mass is 32.2. The van der Waals surface area contributed by atoms with Gasteiger partial charge in [-0.3, -0.25) is 0 Å². The summed E-state index contributed by atoms with van der Waals surface area (Å²) in [6.45, 7) is 0. The fourth-order valence-electron chi connectivity index (χ4n) is 4.90. The lowest BCUT2D eigenvalue weighted by Crippen LogP contribution is -2.48. The van der Waals surface area contributed by atoms with E-state index in [4.69, 9.17) is 0 Å². The average Bonchev–Trinajstić information content (AvgIpc) is 2.48. The third-order valence-corrected chi connectivity index (χ3v) is 7.16. The standard InChI is InChI=1S/C17H31NS/c1-19-17-9-5-4-8-16(17)18-15-11-10-13-6-2-3-7-14(13)12-15/h13-18H,2-12H2,1H3. The van der Waals surface area contributed by atoms with Crippen molar-refractivity contribution < 1.29 is 0 Å². The largest absolute Gasteiger partial charge is 0.310 e. The normalized spacial score (nSPS) is 43.7. The maximum absolute atomic E-state index is 4.07. The average molecular weight is 282 g/mol. The van der Waals surface area contributed by atoms with Crippen LogP contribution < -0.4 is 5.32 Å². The Bertz CT molecular complexity index is 280. The van der Waals surface area contributed by atoms with E-state index in [1.54, 1.807) is 0 Å². The monoisotopic (exact) mass is 281 g/mol. The molecule has 0 saturated heterocycles. The molecule has 110 valence electrons. The molecular weight excluding hydrogens is 250 g/mol. The second-order valence-electron chi connectivity index (χ2n) is 7.15. The van der Waals surface area contributed by atoms with Gasteiger partial charge < -0.3 is 5.32 Å². The Kier molecular flexibility index (Phi) is 5.14.